The normalized spacial score (nSPS) is 25.0. The first-order valence-corrected chi connectivity index (χ1v) is 7.07. The van der Waals surface area contributed by atoms with E-state index in [0.717, 1.165) is 0 Å². The second-order valence-corrected chi connectivity index (χ2v) is 6.41. The van der Waals surface area contributed by atoms with E-state index in [9.17, 15) is 9.90 Å². The van der Waals surface area contributed by atoms with Crippen molar-refractivity contribution in [3.63, 3.8) is 0 Å². The summed E-state index contributed by atoms with van der Waals surface area (Å²) in [4.78, 5) is 12.5. The molecule has 0 aromatic heterocycles. The van der Waals surface area contributed by atoms with E-state index >= 15 is 0 Å². The van der Waals surface area contributed by atoms with E-state index in [4.69, 9.17) is 4.74 Å². The molecule has 1 aromatic carbocycles. The number of benzene rings is 1. The number of methoxy groups -OCH3 is 1. The zero-order valence-electron chi connectivity index (χ0n) is 13.0. The summed E-state index contributed by atoms with van der Waals surface area (Å²) in [7, 11) is 1.62. The number of aliphatic hydroxyl groups is 1. The molecule has 0 amide bonds. The number of ketones is 1. The minimum atomic E-state index is -0.634. The van der Waals surface area contributed by atoms with Gasteiger partial charge in [0.2, 0.25) is 0 Å². The van der Waals surface area contributed by atoms with Crippen LogP contribution in [-0.4, -0.2) is 23.6 Å². The van der Waals surface area contributed by atoms with Crippen LogP contribution >= 0.6 is 0 Å². The van der Waals surface area contributed by atoms with Crippen molar-refractivity contribution < 1.29 is 14.6 Å². The van der Waals surface area contributed by atoms with Crippen molar-refractivity contribution in [3.8, 4) is 0 Å². The summed E-state index contributed by atoms with van der Waals surface area (Å²) >= 11 is 0. The van der Waals surface area contributed by atoms with Crippen LogP contribution in [-0.2, 0) is 9.53 Å². The summed E-state index contributed by atoms with van der Waals surface area (Å²) in [6.45, 7) is 6.12. The molecule has 0 saturated heterocycles. The molecule has 2 rings (SSSR count). The SMILES string of the molecule is COC1(C(C)(C)C)C=CC(=C(O)c2ccccc2)C(=O)C1. The van der Waals surface area contributed by atoms with E-state index in [2.05, 4.69) is 0 Å². The third-order valence-electron chi connectivity index (χ3n) is 4.18. The Balaban J connectivity index is 2.46. The molecule has 112 valence electrons. The van der Waals surface area contributed by atoms with Gasteiger partial charge in [-0.15, -0.1) is 0 Å². The van der Waals surface area contributed by atoms with Crippen molar-refractivity contribution in [2.75, 3.05) is 7.11 Å². The highest BCUT2D eigenvalue weighted by molar-refractivity contribution is 6.05. The highest BCUT2D eigenvalue weighted by atomic mass is 16.5. The Kier molecular flexibility index (Phi) is 4.06. The van der Waals surface area contributed by atoms with E-state index in [1.807, 2.05) is 45.0 Å². The molecule has 0 spiro atoms. The Labute approximate surface area is 125 Å². The van der Waals surface area contributed by atoms with Crippen LogP contribution < -0.4 is 0 Å². The lowest BCUT2D eigenvalue weighted by Gasteiger charge is -2.42. The van der Waals surface area contributed by atoms with Crippen LogP contribution in [0.5, 0.6) is 0 Å². The Hall–Kier alpha value is -1.87. The summed E-state index contributed by atoms with van der Waals surface area (Å²) in [6.07, 6.45) is 3.81. The predicted octanol–water partition coefficient (Wildman–Crippen LogP) is 3.92. The minimum absolute atomic E-state index is 0.0236. The summed E-state index contributed by atoms with van der Waals surface area (Å²) < 4.78 is 5.64. The number of hydrogen-bond acceptors (Lipinski definition) is 3. The molecule has 1 aliphatic carbocycles. The van der Waals surface area contributed by atoms with Gasteiger partial charge in [0.1, 0.15) is 5.76 Å². The number of hydrogen-bond donors (Lipinski definition) is 1. The Bertz CT molecular complexity index is 591. The number of ether oxygens (including phenoxy) is 1. The second-order valence-electron chi connectivity index (χ2n) is 6.41. The summed E-state index contributed by atoms with van der Waals surface area (Å²) in [5.41, 5.74) is 0.149. The van der Waals surface area contributed by atoms with Crippen molar-refractivity contribution in [3.05, 3.63) is 53.6 Å². The van der Waals surface area contributed by atoms with Crippen LogP contribution in [0.1, 0.15) is 32.8 Å². The van der Waals surface area contributed by atoms with E-state index in [0.29, 0.717) is 11.1 Å². The lowest BCUT2D eigenvalue weighted by molar-refractivity contribution is -0.126. The maximum absolute atomic E-state index is 12.5. The van der Waals surface area contributed by atoms with E-state index in [1.54, 1.807) is 25.3 Å². The van der Waals surface area contributed by atoms with Crippen LogP contribution in [0.15, 0.2) is 48.1 Å². The minimum Gasteiger partial charge on any atom is -0.507 e. The first-order chi connectivity index (χ1) is 9.81. The number of allylic oxidation sites excluding steroid dienone is 2. The first kappa shape index (κ1) is 15.5. The van der Waals surface area contributed by atoms with Gasteiger partial charge in [-0.1, -0.05) is 57.2 Å². The predicted molar refractivity (Wildman–Crippen MR) is 83.9 cm³/mol. The quantitative estimate of drug-likeness (QED) is 0.662. The maximum Gasteiger partial charge on any atom is 0.169 e. The molecule has 0 saturated carbocycles. The summed E-state index contributed by atoms with van der Waals surface area (Å²) in [5, 5.41) is 10.3. The van der Waals surface area contributed by atoms with E-state index in [1.165, 1.54) is 0 Å². The molecule has 1 aliphatic rings. The number of carbonyl (C=O) groups is 1. The molecular formula is C18H22O3. The molecule has 1 unspecified atom stereocenters. The zero-order chi connectivity index (χ0) is 15.7. The van der Waals surface area contributed by atoms with Gasteiger partial charge in [0.05, 0.1) is 11.2 Å². The van der Waals surface area contributed by atoms with Crippen LogP contribution in [0.2, 0.25) is 0 Å². The average molecular weight is 286 g/mol. The van der Waals surface area contributed by atoms with Crippen molar-refractivity contribution in [1.82, 2.24) is 0 Å². The number of rotatable bonds is 2. The van der Waals surface area contributed by atoms with Gasteiger partial charge in [0.25, 0.3) is 0 Å². The van der Waals surface area contributed by atoms with E-state index in [-0.39, 0.29) is 23.4 Å². The average Bonchev–Trinajstić information content (AvgIpc) is 2.46. The lowest BCUT2D eigenvalue weighted by Crippen LogP contribution is -2.46. The third kappa shape index (κ3) is 2.79. The standard InChI is InChI=1S/C18H22O3/c1-17(2,3)18(21-4)11-10-14(15(19)12-18)16(20)13-8-6-5-7-9-13/h5-11,20H,12H2,1-4H3. The smallest absolute Gasteiger partial charge is 0.169 e. The zero-order valence-corrected chi connectivity index (χ0v) is 13.0. The van der Waals surface area contributed by atoms with Gasteiger partial charge in [-0.2, -0.15) is 0 Å². The van der Waals surface area contributed by atoms with Gasteiger partial charge in [-0.05, 0) is 11.5 Å². The second kappa shape index (κ2) is 5.49. The molecule has 1 aromatic rings. The van der Waals surface area contributed by atoms with Gasteiger partial charge >= 0.3 is 0 Å². The fourth-order valence-electron chi connectivity index (χ4n) is 2.63. The monoisotopic (exact) mass is 286 g/mol. The van der Waals surface area contributed by atoms with Crippen molar-refractivity contribution in [2.24, 2.45) is 5.41 Å². The van der Waals surface area contributed by atoms with Crippen LogP contribution in [0.25, 0.3) is 5.76 Å². The third-order valence-corrected chi connectivity index (χ3v) is 4.18. The van der Waals surface area contributed by atoms with Crippen LogP contribution in [0.4, 0.5) is 0 Å². The van der Waals surface area contributed by atoms with Gasteiger partial charge in [0.15, 0.2) is 5.78 Å². The fourth-order valence-corrected chi connectivity index (χ4v) is 2.63. The van der Waals surface area contributed by atoms with Crippen molar-refractivity contribution >= 4 is 11.5 Å². The molecule has 0 radical (unpaired) electrons. The van der Waals surface area contributed by atoms with Gasteiger partial charge < -0.3 is 9.84 Å². The first-order valence-electron chi connectivity index (χ1n) is 7.07. The van der Waals surface area contributed by atoms with Gasteiger partial charge in [0, 0.05) is 19.1 Å². The molecule has 21 heavy (non-hydrogen) atoms. The fraction of sp³-hybridized carbons (Fsp3) is 0.389. The molecule has 3 heteroatoms. The Morgan fingerprint density at radius 3 is 2.33 bits per heavy atom. The summed E-state index contributed by atoms with van der Waals surface area (Å²) in [6, 6.07) is 9.10. The molecule has 1 atom stereocenters. The molecule has 1 N–H and O–H groups in total. The van der Waals surface area contributed by atoms with Gasteiger partial charge in [-0.25, -0.2) is 0 Å². The molecule has 3 nitrogen and oxygen atoms in total. The van der Waals surface area contributed by atoms with E-state index < -0.39 is 5.60 Å². The number of Topliss-reactive ketones (excluding diaryl/α,β-unsaturated/α-hetero) is 1. The highest BCUT2D eigenvalue weighted by Gasteiger charge is 2.44. The lowest BCUT2D eigenvalue weighted by atomic mass is 9.70. The highest BCUT2D eigenvalue weighted by Crippen LogP contribution is 2.41. The number of carbonyl (C=O) groups excluding carboxylic acids is 1. The Morgan fingerprint density at radius 1 is 1.24 bits per heavy atom. The maximum atomic E-state index is 12.5. The molecule has 0 aliphatic heterocycles. The topological polar surface area (TPSA) is 46.5 Å². The molecule has 0 bridgehead atoms. The van der Waals surface area contributed by atoms with Crippen molar-refractivity contribution in [1.29, 1.82) is 0 Å². The number of aliphatic hydroxyl groups excluding tert-OH is 1. The summed E-state index contributed by atoms with van der Waals surface area (Å²) in [5.74, 6) is -0.0777. The van der Waals surface area contributed by atoms with Crippen LogP contribution in [0.3, 0.4) is 0 Å². The molecule has 0 fully saturated rings. The van der Waals surface area contributed by atoms with Gasteiger partial charge in [-0.3, -0.25) is 4.79 Å². The molecular weight excluding hydrogens is 264 g/mol. The largest absolute Gasteiger partial charge is 0.507 e. The molecule has 0 heterocycles. The van der Waals surface area contributed by atoms with Crippen LogP contribution in [0, 0.1) is 5.41 Å². The van der Waals surface area contributed by atoms with Crippen molar-refractivity contribution in [2.45, 2.75) is 32.8 Å². The Morgan fingerprint density at radius 2 is 1.86 bits per heavy atom.